The lowest BCUT2D eigenvalue weighted by molar-refractivity contribution is -0.239. The molecule has 7 nitrogen and oxygen atoms in total. The molecule has 1 aliphatic heterocycles. The molecule has 1 heterocycles. The highest BCUT2D eigenvalue weighted by atomic mass is 16.7. The number of ether oxygens (including phenoxy) is 3. The Balaban J connectivity index is 2.18. The summed E-state index contributed by atoms with van der Waals surface area (Å²) in [5, 5.41) is 29.0. The van der Waals surface area contributed by atoms with E-state index in [0.717, 1.165) is 5.56 Å². The molecule has 2 rings (SSSR count). The molecule has 0 spiro atoms. The van der Waals surface area contributed by atoms with Crippen LogP contribution in [0.2, 0.25) is 0 Å². The molecule has 0 bridgehead atoms. The fraction of sp³-hybridized carbons (Fsp3) is 0.500. The number of methoxy groups -OCH3 is 1. The average molecular weight is 325 g/mol. The number of nitrogens with two attached hydrogens (primary N) is 1. The van der Waals surface area contributed by atoms with E-state index >= 15 is 0 Å². The highest BCUT2D eigenvalue weighted by Gasteiger charge is 2.43. The lowest BCUT2D eigenvalue weighted by Crippen LogP contribution is -2.63. The van der Waals surface area contributed by atoms with Gasteiger partial charge >= 0.3 is 0 Å². The van der Waals surface area contributed by atoms with Gasteiger partial charge in [-0.25, -0.2) is 0 Å². The molecule has 5 atom stereocenters. The first kappa shape index (κ1) is 17.7. The van der Waals surface area contributed by atoms with Gasteiger partial charge in [0.15, 0.2) is 11.5 Å². The van der Waals surface area contributed by atoms with E-state index in [2.05, 4.69) is 6.58 Å². The number of aliphatic hydroxyl groups is 3. The molecule has 1 saturated heterocycles. The second-order valence-corrected chi connectivity index (χ2v) is 5.38. The van der Waals surface area contributed by atoms with Gasteiger partial charge in [0, 0.05) is 0 Å². The van der Waals surface area contributed by atoms with Crippen LogP contribution < -0.4 is 15.2 Å². The highest BCUT2D eigenvalue weighted by molar-refractivity contribution is 5.43. The van der Waals surface area contributed by atoms with Gasteiger partial charge in [-0.15, -0.1) is 6.58 Å². The second kappa shape index (κ2) is 7.76. The monoisotopic (exact) mass is 325 g/mol. The molecule has 7 heteroatoms. The maximum absolute atomic E-state index is 9.95. The van der Waals surface area contributed by atoms with Crippen LogP contribution in [0.1, 0.15) is 5.56 Å². The molecule has 0 aliphatic carbocycles. The number of rotatable bonds is 6. The Labute approximate surface area is 134 Å². The molecule has 0 amide bonds. The van der Waals surface area contributed by atoms with Crippen LogP contribution in [0.4, 0.5) is 0 Å². The molecule has 1 aromatic carbocycles. The van der Waals surface area contributed by atoms with E-state index in [4.69, 9.17) is 19.9 Å². The molecule has 1 aromatic rings. The van der Waals surface area contributed by atoms with Gasteiger partial charge in [0.25, 0.3) is 0 Å². The molecule has 0 aromatic heterocycles. The Hall–Kier alpha value is -1.64. The maximum Gasteiger partial charge on any atom is 0.218 e. The maximum atomic E-state index is 9.95. The van der Waals surface area contributed by atoms with Crippen molar-refractivity contribution in [1.82, 2.24) is 0 Å². The number of allylic oxidation sites excluding steroid dienone is 1. The first-order valence-corrected chi connectivity index (χ1v) is 7.34. The Bertz CT molecular complexity index is 535. The highest BCUT2D eigenvalue weighted by Crippen LogP contribution is 2.31. The van der Waals surface area contributed by atoms with Gasteiger partial charge in [0.1, 0.15) is 18.3 Å². The fourth-order valence-corrected chi connectivity index (χ4v) is 2.44. The number of hydrogen-bond acceptors (Lipinski definition) is 7. The van der Waals surface area contributed by atoms with Crippen molar-refractivity contribution in [3.05, 3.63) is 36.4 Å². The molecule has 5 N–H and O–H groups in total. The van der Waals surface area contributed by atoms with E-state index in [1.165, 1.54) is 7.11 Å². The quantitative estimate of drug-likeness (QED) is 0.525. The standard InChI is InChI=1S/C16H23NO6/c1-3-4-9-5-6-10(11(7-9)21-2)22-16-13(17)15(20)14(19)12(8-18)23-16/h3,5-7,12-16,18-20H,1,4,8,17H2,2H3. The third-order valence-corrected chi connectivity index (χ3v) is 3.78. The zero-order valence-corrected chi connectivity index (χ0v) is 13.0. The number of aliphatic hydroxyl groups excluding tert-OH is 3. The van der Waals surface area contributed by atoms with Crippen molar-refractivity contribution in [2.45, 2.75) is 37.1 Å². The van der Waals surface area contributed by atoms with Gasteiger partial charge in [0.2, 0.25) is 6.29 Å². The predicted molar refractivity (Wildman–Crippen MR) is 83.3 cm³/mol. The molecule has 128 valence electrons. The Morgan fingerprint density at radius 1 is 1.30 bits per heavy atom. The minimum atomic E-state index is -1.27. The second-order valence-electron chi connectivity index (χ2n) is 5.38. The zero-order chi connectivity index (χ0) is 17.0. The Morgan fingerprint density at radius 2 is 2.04 bits per heavy atom. The molecular formula is C16H23NO6. The van der Waals surface area contributed by atoms with Crippen LogP contribution in [0.25, 0.3) is 0 Å². The Morgan fingerprint density at radius 3 is 2.65 bits per heavy atom. The fourth-order valence-electron chi connectivity index (χ4n) is 2.44. The summed E-state index contributed by atoms with van der Waals surface area (Å²) in [6.07, 6.45) is -2.07. The summed E-state index contributed by atoms with van der Waals surface area (Å²) in [7, 11) is 1.51. The van der Waals surface area contributed by atoms with Crippen LogP contribution in [0.3, 0.4) is 0 Å². The first-order valence-electron chi connectivity index (χ1n) is 7.34. The minimum absolute atomic E-state index is 0.390. The van der Waals surface area contributed by atoms with E-state index in [1.54, 1.807) is 18.2 Å². The molecular weight excluding hydrogens is 302 g/mol. The van der Waals surface area contributed by atoms with Gasteiger partial charge in [-0.2, -0.15) is 0 Å². The summed E-state index contributed by atoms with van der Waals surface area (Å²) in [6, 6.07) is 4.40. The lowest BCUT2D eigenvalue weighted by Gasteiger charge is -2.40. The van der Waals surface area contributed by atoms with E-state index in [-0.39, 0.29) is 0 Å². The van der Waals surface area contributed by atoms with Crippen molar-refractivity contribution in [2.24, 2.45) is 5.73 Å². The lowest BCUT2D eigenvalue weighted by atomic mass is 9.98. The van der Waals surface area contributed by atoms with Crippen LogP contribution in [-0.2, 0) is 11.2 Å². The van der Waals surface area contributed by atoms with Crippen molar-refractivity contribution in [1.29, 1.82) is 0 Å². The Kier molecular flexibility index (Phi) is 5.97. The van der Waals surface area contributed by atoms with Crippen LogP contribution in [0, 0.1) is 0 Å². The summed E-state index contributed by atoms with van der Waals surface area (Å²) in [6.45, 7) is 3.23. The van der Waals surface area contributed by atoms with E-state index in [1.807, 2.05) is 6.07 Å². The van der Waals surface area contributed by atoms with Crippen LogP contribution in [0.5, 0.6) is 11.5 Å². The largest absolute Gasteiger partial charge is 0.493 e. The molecule has 23 heavy (non-hydrogen) atoms. The third-order valence-electron chi connectivity index (χ3n) is 3.78. The van der Waals surface area contributed by atoms with Gasteiger partial charge in [0.05, 0.1) is 19.8 Å². The van der Waals surface area contributed by atoms with Gasteiger partial charge in [-0.05, 0) is 24.1 Å². The minimum Gasteiger partial charge on any atom is -0.493 e. The molecule has 1 fully saturated rings. The third kappa shape index (κ3) is 3.82. The van der Waals surface area contributed by atoms with Gasteiger partial charge in [-0.1, -0.05) is 12.1 Å². The summed E-state index contributed by atoms with van der Waals surface area (Å²) in [4.78, 5) is 0. The van der Waals surface area contributed by atoms with Crippen molar-refractivity contribution in [2.75, 3.05) is 13.7 Å². The van der Waals surface area contributed by atoms with Gasteiger partial charge < -0.3 is 35.3 Å². The van der Waals surface area contributed by atoms with Gasteiger partial charge in [-0.3, -0.25) is 0 Å². The molecule has 0 radical (unpaired) electrons. The smallest absolute Gasteiger partial charge is 0.218 e. The molecule has 0 saturated carbocycles. The van der Waals surface area contributed by atoms with Crippen molar-refractivity contribution >= 4 is 0 Å². The molecule has 5 unspecified atom stereocenters. The van der Waals surface area contributed by atoms with Crippen LogP contribution in [-0.4, -0.2) is 59.7 Å². The average Bonchev–Trinajstić information content (AvgIpc) is 2.56. The van der Waals surface area contributed by atoms with Crippen LogP contribution >= 0.6 is 0 Å². The number of hydrogen-bond donors (Lipinski definition) is 4. The van der Waals surface area contributed by atoms with E-state index in [0.29, 0.717) is 17.9 Å². The summed E-state index contributed by atoms with van der Waals surface area (Å²) < 4.78 is 16.4. The number of benzene rings is 1. The van der Waals surface area contributed by atoms with Crippen LogP contribution in [0.15, 0.2) is 30.9 Å². The van der Waals surface area contributed by atoms with Crippen molar-refractivity contribution < 1.29 is 29.5 Å². The first-order chi connectivity index (χ1) is 11.0. The zero-order valence-electron chi connectivity index (χ0n) is 13.0. The predicted octanol–water partition coefficient (Wildman–Crippen LogP) is -0.431. The van der Waals surface area contributed by atoms with Crippen molar-refractivity contribution in [3.63, 3.8) is 0 Å². The SMILES string of the molecule is C=CCc1ccc(OC2OC(CO)C(O)C(O)C2N)c(OC)c1. The van der Waals surface area contributed by atoms with E-state index in [9.17, 15) is 15.3 Å². The van der Waals surface area contributed by atoms with E-state index < -0.39 is 37.3 Å². The topological polar surface area (TPSA) is 114 Å². The molecule has 1 aliphatic rings. The normalized spacial score (nSPS) is 30.7. The summed E-state index contributed by atoms with van der Waals surface area (Å²) in [5.74, 6) is 0.877. The van der Waals surface area contributed by atoms with Crippen molar-refractivity contribution in [3.8, 4) is 11.5 Å². The summed E-state index contributed by atoms with van der Waals surface area (Å²) in [5.41, 5.74) is 6.85. The summed E-state index contributed by atoms with van der Waals surface area (Å²) >= 11 is 0.